The largest absolute Gasteiger partial charge is 0.334 e. The third-order valence-corrected chi connectivity index (χ3v) is 2.25. The van der Waals surface area contributed by atoms with Gasteiger partial charge in [-0.1, -0.05) is 6.07 Å². The van der Waals surface area contributed by atoms with Crippen LogP contribution in [0.3, 0.4) is 0 Å². The lowest BCUT2D eigenvalue weighted by molar-refractivity contribution is -0.383. The molecule has 0 aliphatic heterocycles. The number of fused-ring (bicyclic) bond motifs is 1. The fraction of sp³-hybridized carbons (Fsp3) is 0.222. The van der Waals surface area contributed by atoms with Crippen molar-refractivity contribution in [3.8, 4) is 0 Å². The van der Waals surface area contributed by atoms with Crippen LogP contribution in [0.4, 0.5) is 5.69 Å². The highest BCUT2D eigenvalue weighted by Crippen LogP contribution is 2.27. The maximum Gasteiger partial charge on any atom is 0.299 e. The van der Waals surface area contributed by atoms with Crippen molar-refractivity contribution in [2.45, 2.75) is 6.92 Å². The second-order valence-corrected chi connectivity index (χ2v) is 3.21. The van der Waals surface area contributed by atoms with Crippen molar-refractivity contribution in [3.63, 3.8) is 0 Å². The average molecular weight is 191 g/mol. The molecule has 0 aliphatic rings. The Morgan fingerprint density at radius 2 is 2.21 bits per heavy atom. The Morgan fingerprint density at radius 1 is 1.50 bits per heavy atom. The van der Waals surface area contributed by atoms with E-state index >= 15 is 0 Å². The second kappa shape index (κ2) is 2.80. The van der Waals surface area contributed by atoms with Crippen LogP contribution in [0.5, 0.6) is 0 Å². The minimum atomic E-state index is -0.384. The summed E-state index contributed by atoms with van der Waals surface area (Å²) < 4.78 is 1.77. The molecular formula is C9H9N3O2. The van der Waals surface area contributed by atoms with Crippen LogP contribution in [0.15, 0.2) is 18.5 Å². The minimum absolute atomic E-state index is 0.100. The zero-order valence-corrected chi connectivity index (χ0v) is 7.89. The zero-order valence-electron chi connectivity index (χ0n) is 7.89. The van der Waals surface area contributed by atoms with Crippen LogP contribution in [0.2, 0.25) is 0 Å². The molecule has 0 saturated carbocycles. The maximum atomic E-state index is 10.8. The quantitative estimate of drug-likeness (QED) is 0.510. The molecule has 1 aromatic carbocycles. The highest BCUT2D eigenvalue weighted by atomic mass is 16.6. The van der Waals surface area contributed by atoms with Crippen LogP contribution in [0.1, 0.15) is 5.56 Å². The molecule has 0 atom stereocenters. The van der Waals surface area contributed by atoms with E-state index in [1.807, 2.05) is 13.1 Å². The summed E-state index contributed by atoms with van der Waals surface area (Å²) in [6.07, 6.45) is 1.58. The van der Waals surface area contributed by atoms with E-state index in [2.05, 4.69) is 4.98 Å². The summed E-state index contributed by atoms with van der Waals surface area (Å²) in [5.74, 6) is 0. The Bertz CT molecular complexity index is 516. The van der Waals surface area contributed by atoms with Crippen LogP contribution in [0.25, 0.3) is 11.0 Å². The smallest absolute Gasteiger partial charge is 0.299 e. The molecule has 14 heavy (non-hydrogen) atoms. The third-order valence-electron chi connectivity index (χ3n) is 2.25. The van der Waals surface area contributed by atoms with Crippen LogP contribution < -0.4 is 0 Å². The van der Waals surface area contributed by atoms with E-state index in [0.717, 1.165) is 5.52 Å². The standard InChI is InChI=1S/C9H9N3O2/c1-6-3-4-7-8(9(6)12(13)14)10-5-11(7)2/h3-5H,1-2H3. The SMILES string of the molecule is Cc1ccc2c(ncn2C)c1[N+](=O)[O-]. The maximum absolute atomic E-state index is 10.8. The van der Waals surface area contributed by atoms with E-state index in [0.29, 0.717) is 11.1 Å². The summed E-state index contributed by atoms with van der Waals surface area (Å²) in [4.78, 5) is 14.4. The molecule has 72 valence electrons. The number of imidazole rings is 1. The highest BCUT2D eigenvalue weighted by Gasteiger charge is 2.18. The van der Waals surface area contributed by atoms with Gasteiger partial charge < -0.3 is 4.57 Å². The summed E-state index contributed by atoms with van der Waals surface area (Å²) in [6, 6.07) is 3.58. The van der Waals surface area contributed by atoms with Gasteiger partial charge in [0.2, 0.25) is 0 Å². The van der Waals surface area contributed by atoms with Gasteiger partial charge in [0, 0.05) is 12.6 Å². The number of hydrogen-bond donors (Lipinski definition) is 0. The normalized spacial score (nSPS) is 10.7. The number of nitro benzene ring substituents is 1. The Morgan fingerprint density at radius 3 is 2.86 bits per heavy atom. The van der Waals surface area contributed by atoms with Crippen molar-refractivity contribution < 1.29 is 4.92 Å². The molecular weight excluding hydrogens is 182 g/mol. The van der Waals surface area contributed by atoms with Gasteiger partial charge in [-0.2, -0.15) is 0 Å². The van der Waals surface area contributed by atoms with E-state index in [1.54, 1.807) is 23.9 Å². The molecule has 0 unspecified atom stereocenters. The summed E-state index contributed by atoms with van der Waals surface area (Å²) in [6.45, 7) is 1.71. The minimum Gasteiger partial charge on any atom is -0.334 e. The lowest BCUT2D eigenvalue weighted by Gasteiger charge is -1.98. The molecule has 0 radical (unpaired) electrons. The van der Waals surface area contributed by atoms with Crippen molar-refractivity contribution in [1.82, 2.24) is 9.55 Å². The van der Waals surface area contributed by atoms with Gasteiger partial charge in [0.05, 0.1) is 16.8 Å². The molecule has 0 bridgehead atoms. The van der Waals surface area contributed by atoms with E-state index in [1.165, 1.54) is 0 Å². The molecule has 5 heteroatoms. The number of nitrogens with zero attached hydrogens (tertiary/aromatic N) is 3. The topological polar surface area (TPSA) is 61.0 Å². The van der Waals surface area contributed by atoms with Gasteiger partial charge in [-0.15, -0.1) is 0 Å². The van der Waals surface area contributed by atoms with Crippen molar-refractivity contribution in [2.24, 2.45) is 7.05 Å². The zero-order chi connectivity index (χ0) is 10.3. The first-order chi connectivity index (χ1) is 6.61. The number of benzene rings is 1. The average Bonchev–Trinajstić information content (AvgIpc) is 2.47. The van der Waals surface area contributed by atoms with Crippen LogP contribution >= 0.6 is 0 Å². The fourth-order valence-electron chi connectivity index (χ4n) is 1.52. The van der Waals surface area contributed by atoms with Gasteiger partial charge in [0.15, 0.2) is 5.52 Å². The first kappa shape index (κ1) is 8.68. The monoisotopic (exact) mass is 191 g/mol. The first-order valence-electron chi connectivity index (χ1n) is 4.16. The lowest BCUT2D eigenvalue weighted by Crippen LogP contribution is -1.93. The fourth-order valence-corrected chi connectivity index (χ4v) is 1.52. The molecule has 0 spiro atoms. The molecule has 5 nitrogen and oxygen atoms in total. The predicted octanol–water partition coefficient (Wildman–Crippen LogP) is 1.79. The predicted molar refractivity (Wildman–Crippen MR) is 52.1 cm³/mol. The number of nitro groups is 1. The van der Waals surface area contributed by atoms with Gasteiger partial charge in [-0.25, -0.2) is 4.98 Å². The van der Waals surface area contributed by atoms with Crippen molar-refractivity contribution in [1.29, 1.82) is 0 Å². The van der Waals surface area contributed by atoms with Gasteiger partial charge >= 0.3 is 0 Å². The molecule has 2 aromatic rings. The van der Waals surface area contributed by atoms with Crippen molar-refractivity contribution in [2.75, 3.05) is 0 Å². The number of aromatic nitrogens is 2. The third kappa shape index (κ3) is 1.06. The molecule has 2 rings (SSSR count). The molecule has 0 saturated heterocycles. The Hall–Kier alpha value is -1.91. The molecule has 0 N–H and O–H groups in total. The van der Waals surface area contributed by atoms with Gasteiger partial charge in [0.1, 0.15) is 0 Å². The summed E-state index contributed by atoms with van der Waals surface area (Å²) in [7, 11) is 1.81. The van der Waals surface area contributed by atoms with Gasteiger partial charge in [-0.3, -0.25) is 10.1 Å². The molecule has 0 aliphatic carbocycles. The highest BCUT2D eigenvalue weighted by molar-refractivity contribution is 5.86. The van der Waals surface area contributed by atoms with E-state index in [4.69, 9.17) is 0 Å². The summed E-state index contributed by atoms with van der Waals surface area (Å²) in [5.41, 5.74) is 1.98. The lowest BCUT2D eigenvalue weighted by atomic mass is 10.2. The van der Waals surface area contributed by atoms with E-state index < -0.39 is 0 Å². The van der Waals surface area contributed by atoms with E-state index in [-0.39, 0.29) is 10.6 Å². The summed E-state index contributed by atoms with van der Waals surface area (Å²) in [5, 5.41) is 10.8. The van der Waals surface area contributed by atoms with Crippen LogP contribution in [-0.2, 0) is 7.05 Å². The molecule has 0 fully saturated rings. The van der Waals surface area contributed by atoms with Gasteiger partial charge in [-0.05, 0) is 13.0 Å². The Balaban J connectivity index is 2.90. The van der Waals surface area contributed by atoms with Gasteiger partial charge in [0.25, 0.3) is 5.69 Å². The number of aryl methyl sites for hydroxylation is 2. The summed E-state index contributed by atoms with van der Waals surface area (Å²) >= 11 is 0. The van der Waals surface area contributed by atoms with E-state index in [9.17, 15) is 10.1 Å². The molecule has 1 aromatic heterocycles. The second-order valence-electron chi connectivity index (χ2n) is 3.21. The molecule has 0 amide bonds. The van der Waals surface area contributed by atoms with Crippen molar-refractivity contribution in [3.05, 3.63) is 34.1 Å². The number of rotatable bonds is 1. The van der Waals surface area contributed by atoms with Crippen LogP contribution in [-0.4, -0.2) is 14.5 Å². The van der Waals surface area contributed by atoms with Crippen LogP contribution in [0, 0.1) is 17.0 Å². The Labute approximate surface area is 80.1 Å². The number of hydrogen-bond acceptors (Lipinski definition) is 3. The molecule has 1 heterocycles. The van der Waals surface area contributed by atoms with Crippen molar-refractivity contribution >= 4 is 16.7 Å². The first-order valence-corrected chi connectivity index (χ1v) is 4.16. The Kier molecular flexibility index (Phi) is 1.73.